The van der Waals surface area contributed by atoms with Gasteiger partial charge in [-0.05, 0) is 52.8 Å². The van der Waals surface area contributed by atoms with E-state index in [1.54, 1.807) is 6.07 Å². The number of ether oxygens (including phenoxy) is 1. The highest BCUT2D eigenvalue weighted by molar-refractivity contribution is 5.76. The molecular weight excluding hydrogens is 564 g/mol. The maximum Gasteiger partial charge on any atom is 0.164 e. The standard InChI is InChI=1S/C42H40N2O2/c1-3-5-12-30(4-2)29-46-37-25-26-38(41(45)27-37)42-43-39(35-21-17-33(18-22-35)31-13-8-6-9-14-31)28-40(44-42)36-23-19-34(20-24-36)32-15-10-7-11-16-32/h6-11,13-28,30,45H,3-5,12,29H2,1-2H3. The van der Waals surface area contributed by atoms with Crippen LogP contribution in [-0.4, -0.2) is 21.7 Å². The third kappa shape index (κ3) is 7.35. The Morgan fingerprint density at radius 1 is 0.587 bits per heavy atom. The van der Waals surface area contributed by atoms with E-state index in [9.17, 15) is 5.11 Å². The summed E-state index contributed by atoms with van der Waals surface area (Å²) in [7, 11) is 0. The summed E-state index contributed by atoms with van der Waals surface area (Å²) in [5.41, 5.74) is 8.70. The molecule has 0 amide bonds. The van der Waals surface area contributed by atoms with Gasteiger partial charge < -0.3 is 9.84 Å². The summed E-state index contributed by atoms with van der Waals surface area (Å²) in [4.78, 5) is 9.93. The van der Waals surface area contributed by atoms with Crippen molar-refractivity contribution in [2.24, 2.45) is 5.92 Å². The monoisotopic (exact) mass is 604 g/mol. The van der Waals surface area contributed by atoms with E-state index in [-0.39, 0.29) is 5.75 Å². The molecule has 0 aliphatic rings. The number of phenols is 1. The number of aromatic nitrogens is 2. The minimum atomic E-state index is 0.0982. The van der Waals surface area contributed by atoms with Crippen molar-refractivity contribution in [2.45, 2.75) is 39.5 Å². The van der Waals surface area contributed by atoms with E-state index in [1.807, 2.05) is 54.6 Å². The Bertz CT molecular complexity index is 1750. The van der Waals surface area contributed by atoms with Crippen molar-refractivity contribution < 1.29 is 9.84 Å². The molecular formula is C42H40N2O2. The highest BCUT2D eigenvalue weighted by Crippen LogP contribution is 2.35. The summed E-state index contributed by atoms with van der Waals surface area (Å²) in [6, 6.07) is 45.0. The molecule has 1 atom stereocenters. The van der Waals surface area contributed by atoms with E-state index in [2.05, 4.69) is 86.6 Å². The SMILES string of the molecule is CCCCC(CC)COc1ccc(-c2nc(-c3ccc(-c4ccccc4)cc3)cc(-c3ccc(-c4ccccc4)cc3)n2)c(O)c1. The average Bonchev–Trinajstić information content (AvgIpc) is 3.12. The maximum absolute atomic E-state index is 11.2. The second kappa shape index (κ2) is 14.7. The second-order valence-corrected chi connectivity index (χ2v) is 11.8. The fraction of sp³-hybridized carbons (Fsp3) is 0.190. The fourth-order valence-electron chi connectivity index (χ4n) is 5.69. The molecule has 0 aliphatic carbocycles. The Labute approximate surface area is 272 Å². The first-order chi connectivity index (χ1) is 22.6. The van der Waals surface area contributed by atoms with Crippen LogP contribution in [0.1, 0.15) is 39.5 Å². The number of benzene rings is 5. The fourth-order valence-corrected chi connectivity index (χ4v) is 5.69. The van der Waals surface area contributed by atoms with Gasteiger partial charge in [0.25, 0.3) is 0 Å². The van der Waals surface area contributed by atoms with Crippen molar-refractivity contribution in [3.63, 3.8) is 0 Å². The van der Waals surface area contributed by atoms with E-state index in [0.717, 1.165) is 46.5 Å². The van der Waals surface area contributed by atoms with E-state index in [4.69, 9.17) is 14.7 Å². The van der Waals surface area contributed by atoms with E-state index in [0.29, 0.717) is 29.7 Å². The molecule has 46 heavy (non-hydrogen) atoms. The Kier molecular flexibility index (Phi) is 9.84. The molecule has 0 saturated heterocycles. The maximum atomic E-state index is 11.2. The molecule has 4 heteroatoms. The molecule has 1 unspecified atom stereocenters. The molecule has 0 bridgehead atoms. The predicted octanol–water partition coefficient (Wildman–Crippen LogP) is 11.1. The summed E-state index contributed by atoms with van der Waals surface area (Å²) < 4.78 is 6.11. The van der Waals surface area contributed by atoms with Gasteiger partial charge >= 0.3 is 0 Å². The van der Waals surface area contributed by atoms with Crippen molar-refractivity contribution in [3.8, 4) is 67.7 Å². The van der Waals surface area contributed by atoms with Crippen LogP contribution in [0.4, 0.5) is 0 Å². The molecule has 0 radical (unpaired) electrons. The molecule has 5 aromatic carbocycles. The Morgan fingerprint density at radius 3 is 1.57 bits per heavy atom. The third-order valence-corrected chi connectivity index (χ3v) is 8.54. The summed E-state index contributed by atoms with van der Waals surface area (Å²) in [5.74, 6) is 1.72. The number of hydrogen-bond donors (Lipinski definition) is 1. The van der Waals surface area contributed by atoms with Crippen molar-refractivity contribution in [3.05, 3.63) is 133 Å². The zero-order valence-electron chi connectivity index (χ0n) is 26.6. The van der Waals surface area contributed by atoms with Crippen LogP contribution in [-0.2, 0) is 0 Å². The lowest BCUT2D eigenvalue weighted by Gasteiger charge is -2.16. The summed E-state index contributed by atoms with van der Waals surface area (Å²) in [6.07, 6.45) is 4.61. The average molecular weight is 605 g/mol. The molecule has 0 saturated carbocycles. The molecule has 0 spiro atoms. The predicted molar refractivity (Wildman–Crippen MR) is 190 cm³/mol. The summed E-state index contributed by atoms with van der Waals surface area (Å²) in [6.45, 7) is 5.06. The molecule has 6 rings (SSSR count). The Balaban J connectivity index is 1.34. The van der Waals surface area contributed by atoms with Gasteiger partial charge in [0, 0.05) is 17.2 Å². The zero-order valence-corrected chi connectivity index (χ0v) is 26.6. The van der Waals surface area contributed by atoms with Gasteiger partial charge in [0.2, 0.25) is 0 Å². The molecule has 4 nitrogen and oxygen atoms in total. The van der Waals surface area contributed by atoms with E-state index < -0.39 is 0 Å². The van der Waals surface area contributed by atoms with Crippen LogP contribution in [0.25, 0.3) is 56.2 Å². The van der Waals surface area contributed by atoms with Crippen LogP contribution in [0, 0.1) is 5.92 Å². The molecule has 6 aromatic rings. The third-order valence-electron chi connectivity index (χ3n) is 8.54. The van der Waals surface area contributed by atoms with Crippen molar-refractivity contribution in [1.29, 1.82) is 0 Å². The molecule has 1 aromatic heterocycles. The van der Waals surface area contributed by atoms with Gasteiger partial charge in [-0.2, -0.15) is 0 Å². The highest BCUT2D eigenvalue weighted by atomic mass is 16.5. The van der Waals surface area contributed by atoms with Crippen LogP contribution in [0.15, 0.2) is 133 Å². The minimum absolute atomic E-state index is 0.0982. The first-order valence-electron chi connectivity index (χ1n) is 16.3. The van der Waals surface area contributed by atoms with Crippen LogP contribution in [0.2, 0.25) is 0 Å². The molecule has 1 N–H and O–H groups in total. The molecule has 0 fully saturated rings. The highest BCUT2D eigenvalue weighted by Gasteiger charge is 2.15. The number of aromatic hydroxyl groups is 1. The lowest BCUT2D eigenvalue weighted by Crippen LogP contribution is -2.11. The van der Waals surface area contributed by atoms with E-state index in [1.165, 1.54) is 24.0 Å². The molecule has 1 heterocycles. The van der Waals surface area contributed by atoms with Crippen molar-refractivity contribution >= 4 is 0 Å². The first kappa shape index (κ1) is 30.8. The zero-order chi connectivity index (χ0) is 31.7. The van der Waals surface area contributed by atoms with Gasteiger partial charge in [0.05, 0.1) is 23.6 Å². The lowest BCUT2D eigenvalue weighted by atomic mass is 10.0. The van der Waals surface area contributed by atoms with Gasteiger partial charge in [0.15, 0.2) is 5.82 Å². The van der Waals surface area contributed by atoms with Crippen LogP contribution < -0.4 is 4.74 Å². The van der Waals surface area contributed by atoms with Gasteiger partial charge in [-0.15, -0.1) is 0 Å². The first-order valence-corrected chi connectivity index (χ1v) is 16.3. The Hall–Kier alpha value is -5.22. The molecule has 0 aliphatic heterocycles. The normalized spacial score (nSPS) is 11.7. The Morgan fingerprint density at radius 2 is 1.09 bits per heavy atom. The van der Waals surface area contributed by atoms with Crippen molar-refractivity contribution in [1.82, 2.24) is 9.97 Å². The van der Waals surface area contributed by atoms with Crippen LogP contribution in [0.3, 0.4) is 0 Å². The smallest absolute Gasteiger partial charge is 0.164 e. The number of rotatable bonds is 12. The lowest BCUT2D eigenvalue weighted by molar-refractivity contribution is 0.232. The van der Waals surface area contributed by atoms with Crippen molar-refractivity contribution in [2.75, 3.05) is 6.61 Å². The minimum Gasteiger partial charge on any atom is -0.507 e. The summed E-state index contributed by atoms with van der Waals surface area (Å²) in [5, 5.41) is 11.2. The van der Waals surface area contributed by atoms with E-state index >= 15 is 0 Å². The quantitative estimate of drug-likeness (QED) is 0.151. The number of hydrogen-bond acceptors (Lipinski definition) is 4. The number of unbranched alkanes of at least 4 members (excludes halogenated alkanes) is 1. The second-order valence-electron chi connectivity index (χ2n) is 11.8. The van der Waals surface area contributed by atoms with Gasteiger partial charge in [0.1, 0.15) is 11.5 Å². The van der Waals surface area contributed by atoms with Gasteiger partial charge in [-0.3, -0.25) is 0 Å². The van der Waals surface area contributed by atoms with Crippen LogP contribution in [0.5, 0.6) is 11.5 Å². The van der Waals surface area contributed by atoms with Crippen LogP contribution >= 0.6 is 0 Å². The van der Waals surface area contributed by atoms with Gasteiger partial charge in [-0.1, -0.05) is 142 Å². The number of nitrogens with zero attached hydrogens (tertiary/aromatic N) is 2. The number of phenolic OH excluding ortho intramolecular Hbond substituents is 1. The molecule has 230 valence electrons. The van der Waals surface area contributed by atoms with Gasteiger partial charge in [-0.25, -0.2) is 9.97 Å². The largest absolute Gasteiger partial charge is 0.507 e. The topological polar surface area (TPSA) is 55.2 Å². The summed E-state index contributed by atoms with van der Waals surface area (Å²) >= 11 is 0.